The van der Waals surface area contributed by atoms with Gasteiger partial charge in [0.2, 0.25) is 0 Å². The third-order valence-electron chi connectivity index (χ3n) is 3.33. The van der Waals surface area contributed by atoms with Crippen LogP contribution in [0, 0.1) is 11.3 Å². The molecule has 0 amide bonds. The number of aliphatic carboxylic acids is 1. The maximum absolute atomic E-state index is 11.2. The summed E-state index contributed by atoms with van der Waals surface area (Å²) in [5.41, 5.74) is -0.725. The Labute approximate surface area is 109 Å². The van der Waals surface area contributed by atoms with Crippen LogP contribution in [0.15, 0.2) is 0 Å². The van der Waals surface area contributed by atoms with Gasteiger partial charge in [-0.15, -0.1) is 0 Å². The van der Waals surface area contributed by atoms with Crippen LogP contribution in [0.1, 0.15) is 27.2 Å². The molecule has 0 rings (SSSR count). The number of rotatable bonds is 11. The van der Waals surface area contributed by atoms with Crippen LogP contribution in [0.4, 0.5) is 0 Å². The highest BCUT2D eigenvalue weighted by molar-refractivity contribution is 5.74. The molecule has 0 heterocycles. The van der Waals surface area contributed by atoms with Gasteiger partial charge < -0.3 is 19.3 Å². The molecule has 0 spiro atoms. The molecule has 18 heavy (non-hydrogen) atoms. The quantitative estimate of drug-likeness (QED) is 0.575. The van der Waals surface area contributed by atoms with Crippen molar-refractivity contribution in [1.29, 1.82) is 0 Å². The van der Waals surface area contributed by atoms with Gasteiger partial charge in [-0.3, -0.25) is 4.79 Å². The first-order valence-corrected chi connectivity index (χ1v) is 6.33. The van der Waals surface area contributed by atoms with Crippen molar-refractivity contribution in [2.24, 2.45) is 11.3 Å². The number of carboxylic acids is 1. The summed E-state index contributed by atoms with van der Waals surface area (Å²) in [6.45, 7) is 8.16. The largest absolute Gasteiger partial charge is 0.481 e. The molecule has 5 heteroatoms. The predicted octanol–water partition coefficient (Wildman–Crippen LogP) is 1.80. The van der Waals surface area contributed by atoms with Gasteiger partial charge in [-0.2, -0.15) is 0 Å². The fourth-order valence-corrected chi connectivity index (χ4v) is 1.39. The van der Waals surface area contributed by atoms with Gasteiger partial charge in [0.15, 0.2) is 0 Å². The highest BCUT2D eigenvalue weighted by Crippen LogP contribution is 2.31. The van der Waals surface area contributed by atoms with Crippen LogP contribution < -0.4 is 0 Å². The lowest BCUT2D eigenvalue weighted by atomic mass is 9.77. The Morgan fingerprint density at radius 3 is 2.06 bits per heavy atom. The average Bonchev–Trinajstić information content (AvgIpc) is 2.31. The highest BCUT2D eigenvalue weighted by atomic mass is 16.5. The van der Waals surface area contributed by atoms with Gasteiger partial charge in [0.1, 0.15) is 0 Å². The summed E-state index contributed by atoms with van der Waals surface area (Å²) in [6.07, 6.45) is 0.512. The molecular formula is C13H26O5. The van der Waals surface area contributed by atoms with E-state index in [1.54, 1.807) is 14.0 Å². The Morgan fingerprint density at radius 2 is 1.61 bits per heavy atom. The van der Waals surface area contributed by atoms with E-state index >= 15 is 0 Å². The van der Waals surface area contributed by atoms with Crippen LogP contribution in [0.2, 0.25) is 0 Å². The number of methoxy groups -OCH3 is 1. The van der Waals surface area contributed by atoms with Crippen LogP contribution in [0.25, 0.3) is 0 Å². The topological polar surface area (TPSA) is 65.0 Å². The Morgan fingerprint density at radius 1 is 1.11 bits per heavy atom. The molecule has 1 N–H and O–H groups in total. The van der Waals surface area contributed by atoms with Gasteiger partial charge in [-0.1, -0.05) is 13.8 Å². The Hall–Kier alpha value is -0.650. The molecule has 0 radical (unpaired) electrons. The van der Waals surface area contributed by atoms with Crippen molar-refractivity contribution in [3.05, 3.63) is 0 Å². The van der Waals surface area contributed by atoms with Crippen LogP contribution in [0.3, 0.4) is 0 Å². The molecule has 5 nitrogen and oxygen atoms in total. The summed E-state index contributed by atoms with van der Waals surface area (Å²) in [5, 5.41) is 9.21. The molecule has 0 aromatic carbocycles. The highest BCUT2D eigenvalue weighted by Gasteiger charge is 2.36. The summed E-state index contributed by atoms with van der Waals surface area (Å²) >= 11 is 0. The number of ether oxygens (including phenoxy) is 3. The molecule has 108 valence electrons. The van der Waals surface area contributed by atoms with E-state index < -0.39 is 11.4 Å². The lowest BCUT2D eigenvalue weighted by molar-refractivity contribution is -0.152. The molecule has 0 aromatic rings. The number of carbonyl (C=O) groups is 1. The van der Waals surface area contributed by atoms with Crippen LogP contribution in [0.5, 0.6) is 0 Å². The Bertz CT molecular complexity index is 229. The number of hydrogen-bond donors (Lipinski definition) is 1. The Balaban J connectivity index is 3.66. The van der Waals surface area contributed by atoms with Crippen molar-refractivity contribution in [3.8, 4) is 0 Å². The van der Waals surface area contributed by atoms with Crippen molar-refractivity contribution in [2.45, 2.75) is 27.2 Å². The molecular weight excluding hydrogens is 236 g/mol. The van der Waals surface area contributed by atoms with E-state index in [0.717, 1.165) is 0 Å². The lowest BCUT2D eigenvalue weighted by Gasteiger charge is -2.28. The van der Waals surface area contributed by atoms with Crippen molar-refractivity contribution < 1.29 is 24.1 Å². The molecule has 0 saturated heterocycles. The molecule has 0 saturated carbocycles. The molecule has 1 unspecified atom stereocenters. The first kappa shape index (κ1) is 17.4. The van der Waals surface area contributed by atoms with Crippen molar-refractivity contribution >= 4 is 5.97 Å². The van der Waals surface area contributed by atoms with E-state index in [-0.39, 0.29) is 5.92 Å². The molecule has 0 aliphatic carbocycles. The summed E-state index contributed by atoms with van der Waals surface area (Å²) in [4.78, 5) is 11.2. The smallest absolute Gasteiger partial charge is 0.309 e. The van der Waals surface area contributed by atoms with E-state index in [1.807, 2.05) is 13.8 Å². The first-order valence-electron chi connectivity index (χ1n) is 6.33. The summed E-state index contributed by atoms with van der Waals surface area (Å²) in [5.74, 6) is -0.686. The third kappa shape index (κ3) is 6.33. The lowest BCUT2D eigenvalue weighted by Crippen LogP contribution is -2.34. The molecule has 0 aromatic heterocycles. The average molecular weight is 262 g/mol. The maximum atomic E-state index is 11.2. The number of hydrogen-bond acceptors (Lipinski definition) is 4. The van der Waals surface area contributed by atoms with Gasteiger partial charge in [0.25, 0.3) is 0 Å². The normalized spacial score (nSPS) is 14.7. The van der Waals surface area contributed by atoms with Crippen LogP contribution in [-0.4, -0.2) is 51.2 Å². The summed E-state index contributed by atoms with van der Waals surface area (Å²) in [6, 6.07) is 0. The molecule has 0 aliphatic heterocycles. The minimum atomic E-state index is -0.766. The van der Waals surface area contributed by atoms with E-state index in [4.69, 9.17) is 14.2 Å². The van der Waals surface area contributed by atoms with Gasteiger partial charge in [-0.05, 0) is 19.3 Å². The van der Waals surface area contributed by atoms with Crippen molar-refractivity contribution in [1.82, 2.24) is 0 Å². The van der Waals surface area contributed by atoms with E-state index in [1.165, 1.54) is 0 Å². The van der Waals surface area contributed by atoms with Gasteiger partial charge >= 0.3 is 5.97 Å². The van der Waals surface area contributed by atoms with Crippen LogP contribution >= 0.6 is 0 Å². The van der Waals surface area contributed by atoms with Crippen LogP contribution in [-0.2, 0) is 19.0 Å². The minimum Gasteiger partial charge on any atom is -0.481 e. The SMILES string of the molecule is COCCOCCOCCC(C)(C(=O)O)C(C)C. The van der Waals surface area contributed by atoms with Crippen molar-refractivity contribution in [3.63, 3.8) is 0 Å². The second-order valence-corrected chi connectivity index (χ2v) is 4.84. The van der Waals surface area contributed by atoms with E-state index in [0.29, 0.717) is 39.5 Å². The maximum Gasteiger partial charge on any atom is 0.309 e. The zero-order valence-corrected chi connectivity index (χ0v) is 11.9. The minimum absolute atomic E-state index is 0.0801. The van der Waals surface area contributed by atoms with Crippen molar-refractivity contribution in [2.75, 3.05) is 40.1 Å². The Kier molecular flexibility index (Phi) is 8.97. The zero-order valence-electron chi connectivity index (χ0n) is 11.9. The third-order valence-corrected chi connectivity index (χ3v) is 3.33. The summed E-state index contributed by atoms with van der Waals surface area (Å²) < 4.78 is 15.5. The molecule has 1 atom stereocenters. The molecule has 0 aliphatic rings. The fourth-order valence-electron chi connectivity index (χ4n) is 1.39. The second-order valence-electron chi connectivity index (χ2n) is 4.84. The molecule has 0 fully saturated rings. The fraction of sp³-hybridized carbons (Fsp3) is 0.923. The van der Waals surface area contributed by atoms with Gasteiger partial charge in [-0.25, -0.2) is 0 Å². The standard InChI is InChI=1S/C13H26O5/c1-11(2)13(3,12(14)15)5-6-17-9-10-18-8-7-16-4/h11H,5-10H2,1-4H3,(H,14,15). The van der Waals surface area contributed by atoms with Gasteiger partial charge in [0, 0.05) is 13.7 Å². The zero-order chi connectivity index (χ0) is 14.0. The summed E-state index contributed by atoms with van der Waals surface area (Å²) in [7, 11) is 1.62. The van der Waals surface area contributed by atoms with E-state index in [9.17, 15) is 9.90 Å². The molecule has 0 bridgehead atoms. The van der Waals surface area contributed by atoms with E-state index in [2.05, 4.69) is 0 Å². The predicted molar refractivity (Wildman–Crippen MR) is 68.7 cm³/mol. The first-order chi connectivity index (χ1) is 8.45. The second kappa shape index (κ2) is 9.30. The number of carboxylic acid groups (broad SMARTS) is 1. The monoisotopic (exact) mass is 262 g/mol. The van der Waals surface area contributed by atoms with Gasteiger partial charge in [0.05, 0.1) is 31.8 Å².